The maximum Gasteiger partial charge on any atom is 0.326 e. The number of likely N-dealkylation sites (tertiary alicyclic amines) is 1. The maximum absolute atomic E-state index is 12.1. The van der Waals surface area contributed by atoms with Crippen molar-refractivity contribution in [2.45, 2.75) is 12.8 Å². The molecular formula is C13H16N2O5. The van der Waals surface area contributed by atoms with Crippen molar-refractivity contribution >= 4 is 23.7 Å². The number of hydrogen-bond donors (Lipinski definition) is 1. The molecule has 1 saturated heterocycles. The van der Waals surface area contributed by atoms with Crippen molar-refractivity contribution in [3.8, 4) is 0 Å². The molecule has 0 aromatic heterocycles. The van der Waals surface area contributed by atoms with Crippen LogP contribution in [-0.4, -0.2) is 48.8 Å². The number of hydrogen-bond acceptors (Lipinski definition) is 5. The zero-order chi connectivity index (χ0) is 14.7. The lowest BCUT2D eigenvalue weighted by atomic mass is 9.85. The van der Waals surface area contributed by atoms with Gasteiger partial charge in [0.1, 0.15) is 6.54 Å². The number of allylic oxidation sites excluding steroid dienone is 2. The van der Waals surface area contributed by atoms with Gasteiger partial charge in [0.15, 0.2) is 6.61 Å². The van der Waals surface area contributed by atoms with Crippen LogP contribution in [0, 0.1) is 11.8 Å². The Hall–Kier alpha value is -2.18. The summed E-state index contributed by atoms with van der Waals surface area (Å²) >= 11 is 0. The minimum Gasteiger partial charge on any atom is -0.454 e. The van der Waals surface area contributed by atoms with Gasteiger partial charge in [-0.05, 0) is 12.8 Å². The van der Waals surface area contributed by atoms with E-state index in [0.29, 0.717) is 12.8 Å². The molecule has 2 atom stereocenters. The van der Waals surface area contributed by atoms with Crippen molar-refractivity contribution in [1.29, 1.82) is 0 Å². The molecule has 7 heteroatoms. The van der Waals surface area contributed by atoms with Gasteiger partial charge in [-0.15, -0.1) is 0 Å². The van der Waals surface area contributed by atoms with Crippen LogP contribution in [0.5, 0.6) is 0 Å². The summed E-state index contributed by atoms with van der Waals surface area (Å²) in [6.07, 6.45) is 4.80. The number of amides is 3. The number of imide groups is 1. The third-order valence-electron chi connectivity index (χ3n) is 3.53. The topological polar surface area (TPSA) is 92.8 Å². The minimum absolute atomic E-state index is 0.332. The van der Waals surface area contributed by atoms with Crippen LogP contribution in [0.2, 0.25) is 0 Å². The van der Waals surface area contributed by atoms with E-state index in [-0.39, 0.29) is 23.7 Å². The zero-order valence-electron chi connectivity index (χ0n) is 11.1. The van der Waals surface area contributed by atoms with Gasteiger partial charge in [-0.25, -0.2) is 0 Å². The van der Waals surface area contributed by atoms with E-state index in [0.717, 1.165) is 4.90 Å². The monoisotopic (exact) mass is 280 g/mol. The first-order valence-corrected chi connectivity index (χ1v) is 6.41. The fourth-order valence-electron chi connectivity index (χ4n) is 2.42. The van der Waals surface area contributed by atoms with E-state index < -0.39 is 25.0 Å². The Bertz CT molecular complexity index is 459. The summed E-state index contributed by atoms with van der Waals surface area (Å²) in [5, 5.41) is 2.30. The molecule has 0 radical (unpaired) electrons. The molecule has 20 heavy (non-hydrogen) atoms. The Morgan fingerprint density at radius 2 is 1.80 bits per heavy atom. The highest BCUT2D eigenvalue weighted by molar-refractivity contribution is 6.07. The van der Waals surface area contributed by atoms with Crippen LogP contribution >= 0.6 is 0 Å². The summed E-state index contributed by atoms with van der Waals surface area (Å²) in [6, 6.07) is 0. The Morgan fingerprint density at radius 1 is 1.25 bits per heavy atom. The third-order valence-corrected chi connectivity index (χ3v) is 3.53. The highest BCUT2D eigenvalue weighted by atomic mass is 16.5. The number of ether oxygens (including phenoxy) is 1. The van der Waals surface area contributed by atoms with E-state index in [1.807, 2.05) is 12.2 Å². The van der Waals surface area contributed by atoms with Crippen molar-refractivity contribution in [3.63, 3.8) is 0 Å². The molecule has 0 saturated carbocycles. The number of esters is 1. The molecule has 1 aliphatic carbocycles. The van der Waals surface area contributed by atoms with Crippen molar-refractivity contribution in [2.24, 2.45) is 11.8 Å². The maximum atomic E-state index is 12.1. The molecule has 108 valence electrons. The van der Waals surface area contributed by atoms with Gasteiger partial charge in [0.05, 0.1) is 11.8 Å². The molecule has 1 N–H and O–H groups in total. The average molecular weight is 280 g/mol. The first-order valence-electron chi connectivity index (χ1n) is 6.41. The number of rotatable bonds is 4. The quantitative estimate of drug-likeness (QED) is 0.414. The van der Waals surface area contributed by atoms with Crippen LogP contribution in [0.3, 0.4) is 0 Å². The van der Waals surface area contributed by atoms with Crippen LogP contribution in [-0.2, 0) is 23.9 Å². The number of nitrogens with zero attached hydrogens (tertiary/aromatic N) is 1. The van der Waals surface area contributed by atoms with Gasteiger partial charge in [-0.2, -0.15) is 0 Å². The second kappa shape index (κ2) is 5.85. The molecule has 1 heterocycles. The van der Waals surface area contributed by atoms with E-state index >= 15 is 0 Å². The van der Waals surface area contributed by atoms with E-state index in [9.17, 15) is 19.2 Å². The highest BCUT2D eigenvalue weighted by Gasteiger charge is 2.47. The van der Waals surface area contributed by atoms with Gasteiger partial charge >= 0.3 is 5.97 Å². The number of fused-ring (bicyclic) bond motifs is 1. The van der Waals surface area contributed by atoms with Crippen LogP contribution in [0.4, 0.5) is 0 Å². The van der Waals surface area contributed by atoms with Crippen molar-refractivity contribution < 1.29 is 23.9 Å². The Labute approximate surface area is 115 Å². The minimum atomic E-state index is -0.762. The largest absolute Gasteiger partial charge is 0.454 e. The fraction of sp³-hybridized carbons (Fsp3) is 0.538. The van der Waals surface area contributed by atoms with Crippen LogP contribution in [0.25, 0.3) is 0 Å². The van der Waals surface area contributed by atoms with Gasteiger partial charge in [-0.1, -0.05) is 12.2 Å². The van der Waals surface area contributed by atoms with Gasteiger partial charge in [-0.3, -0.25) is 24.1 Å². The second-order valence-corrected chi connectivity index (χ2v) is 4.75. The molecule has 7 nitrogen and oxygen atoms in total. The normalized spacial score (nSPS) is 24.6. The van der Waals surface area contributed by atoms with E-state index in [2.05, 4.69) is 5.32 Å². The fourth-order valence-corrected chi connectivity index (χ4v) is 2.42. The molecule has 0 bridgehead atoms. The van der Waals surface area contributed by atoms with Crippen LogP contribution in [0.1, 0.15) is 12.8 Å². The zero-order valence-corrected chi connectivity index (χ0v) is 11.1. The number of likely N-dealkylation sites (N-methyl/N-ethyl adjacent to an activating group) is 1. The van der Waals surface area contributed by atoms with E-state index in [1.54, 1.807) is 0 Å². The molecule has 2 aliphatic rings. The summed E-state index contributed by atoms with van der Waals surface area (Å²) in [5.41, 5.74) is 0. The smallest absolute Gasteiger partial charge is 0.326 e. The lowest BCUT2D eigenvalue weighted by Gasteiger charge is -2.14. The van der Waals surface area contributed by atoms with Gasteiger partial charge in [0, 0.05) is 7.05 Å². The standard InChI is InChI=1S/C13H16N2O5/c1-14-10(16)7-20-11(17)6-15-12(18)8-4-2-3-5-9(8)13(15)19/h2-3,8-9H,4-7H2,1H3,(H,14,16)/t8-,9-/m0/s1. The summed E-state index contributed by atoms with van der Waals surface area (Å²) in [5.74, 6) is -2.60. The lowest BCUT2D eigenvalue weighted by Crippen LogP contribution is -2.37. The van der Waals surface area contributed by atoms with Gasteiger partial charge in [0.2, 0.25) is 11.8 Å². The molecule has 0 aromatic rings. The molecule has 2 rings (SSSR count). The van der Waals surface area contributed by atoms with E-state index in [4.69, 9.17) is 4.74 Å². The lowest BCUT2D eigenvalue weighted by molar-refractivity contribution is -0.154. The summed E-state index contributed by atoms with van der Waals surface area (Å²) < 4.78 is 4.69. The van der Waals surface area contributed by atoms with Crippen molar-refractivity contribution in [2.75, 3.05) is 20.2 Å². The number of nitrogens with one attached hydrogen (secondary N) is 1. The molecule has 0 aromatic carbocycles. The summed E-state index contributed by atoms with van der Waals surface area (Å²) in [6.45, 7) is -0.846. The van der Waals surface area contributed by atoms with Gasteiger partial charge < -0.3 is 10.1 Å². The Kier molecular flexibility index (Phi) is 4.16. The van der Waals surface area contributed by atoms with Crippen LogP contribution in [0.15, 0.2) is 12.2 Å². The predicted octanol–water partition coefficient (Wildman–Crippen LogP) is -0.773. The predicted molar refractivity (Wildman–Crippen MR) is 67.1 cm³/mol. The second-order valence-electron chi connectivity index (χ2n) is 4.75. The molecule has 3 amide bonds. The van der Waals surface area contributed by atoms with Crippen LogP contribution < -0.4 is 5.32 Å². The summed E-state index contributed by atoms with van der Waals surface area (Å²) in [4.78, 5) is 47.6. The third kappa shape index (κ3) is 2.71. The van der Waals surface area contributed by atoms with Gasteiger partial charge in [0.25, 0.3) is 5.91 Å². The molecule has 0 unspecified atom stereocenters. The molecule has 1 fully saturated rings. The van der Waals surface area contributed by atoms with Crippen molar-refractivity contribution in [1.82, 2.24) is 10.2 Å². The first kappa shape index (κ1) is 14.2. The number of carbonyl (C=O) groups is 4. The van der Waals surface area contributed by atoms with E-state index in [1.165, 1.54) is 7.05 Å². The average Bonchev–Trinajstić information content (AvgIpc) is 2.70. The SMILES string of the molecule is CNC(=O)COC(=O)CN1C(=O)[C@H]2CC=CC[C@@H]2C1=O. The molecule has 0 spiro atoms. The number of carbonyl (C=O) groups excluding carboxylic acids is 4. The highest BCUT2D eigenvalue weighted by Crippen LogP contribution is 2.34. The molecule has 1 aliphatic heterocycles. The Balaban J connectivity index is 1.93. The first-order chi connectivity index (χ1) is 9.54. The summed E-state index contributed by atoms with van der Waals surface area (Å²) in [7, 11) is 1.42. The van der Waals surface area contributed by atoms with Crippen molar-refractivity contribution in [3.05, 3.63) is 12.2 Å². The molecular weight excluding hydrogens is 264 g/mol. The Morgan fingerprint density at radius 3 is 2.30 bits per heavy atom.